The summed E-state index contributed by atoms with van der Waals surface area (Å²) in [5, 5.41) is 3.32. The van der Waals surface area contributed by atoms with Gasteiger partial charge >= 0.3 is 0 Å². The third-order valence-electron chi connectivity index (χ3n) is 4.60. The number of rotatable bonds is 5. The Bertz CT molecular complexity index is 391. The zero-order valence-electron chi connectivity index (χ0n) is 12.7. The standard InChI is InChI=1S/C14H28N2O3S/c1-15-13-5-7-14(8-6-13)19-11-12-4-3-9-16(10-12)20(2,17)18/h12-15H,3-11H2,1-2H3. The molecule has 1 aliphatic heterocycles. The lowest BCUT2D eigenvalue weighted by Gasteiger charge is -2.33. The van der Waals surface area contributed by atoms with Crippen molar-refractivity contribution in [2.45, 2.75) is 50.7 Å². The highest BCUT2D eigenvalue weighted by atomic mass is 32.2. The SMILES string of the molecule is CNC1CCC(OCC2CCCN(S(C)(=O)=O)C2)CC1. The van der Waals surface area contributed by atoms with E-state index < -0.39 is 10.0 Å². The molecule has 0 aromatic rings. The quantitative estimate of drug-likeness (QED) is 0.829. The first-order valence-corrected chi connectivity index (χ1v) is 9.58. The van der Waals surface area contributed by atoms with Crippen molar-refractivity contribution in [2.24, 2.45) is 5.92 Å². The molecule has 1 saturated carbocycles. The summed E-state index contributed by atoms with van der Waals surface area (Å²) in [6.07, 6.45) is 8.30. The highest BCUT2D eigenvalue weighted by Crippen LogP contribution is 2.24. The van der Waals surface area contributed by atoms with Crippen LogP contribution in [0.3, 0.4) is 0 Å². The van der Waals surface area contributed by atoms with Crippen LogP contribution in [-0.2, 0) is 14.8 Å². The van der Waals surface area contributed by atoms with Gasteiger partial charge in [0.25, 0.3) is 0 Å². The fraction of sp³-hybridized carbons (Fsp3) is 1.00. The molecule has 118 valence electrons. The normalized spacial score (nSPS) is 33.2. The Labute approximate surface area is 123 Å². The van der Waals surface area contributed by atoms with Crippen molar-refractivity contribution < 1.29 is 13.2 Å². The summed E-state index contributed by atoms with van der Waals surface area (Å²) in [5.41, 5.74) is 0. The monoisotopic (exact) mass is 304 g/mol. The number of sulfonamides is 1. The van der Waals surface area contributed by atoms with E-state index in [-0.39, 0.29) is 0 Å². The number of hydrogen-bond donors (Lipinski definition) is 1. The first-order chi connectivity index (χ1) is 9.49. The van der Waals surface area contributed by atoms with Gasteiger partial charge in [0.05, 0.1) is 19.0 Å². The molecule has 6 heteroatoms. The molecule has 1 unspecified atom stereocenters. The van der Waals surface area contributed by atoms with Gasteiger partial charge < -0.3 is 10.1 Å². The Kier molecular flexibility index (Phi) is 5.84. The second-order valence-electron chi connectivity index (χ2n) is 6.22. The lowest BCUT2D eigenvalue weighted by Crippen LogP contribution is -2.41. The zero-order chi connectivity index (χ0) is 14.6. The fourth-order valence-corrected chi connectivity index (χ4v) is 4.20. The molecular formula is C14H28N2O3S. The van der Waals surface area contributed by atoms with Gasteiger partial charge in [-0.2, -0.15) is 0 Å². The van der Waals surface area contributed by atoms with Crippen LogP contribution < -0.4 is 5.32 Å². The van der Waals surface area contributed by atoms with Crippen LogP contribution >= 0.6 is 0 Å². The molecule has 2 rings (SSSR count). The van der Waals surface area contributed by atoms with E-state index in [9.17, 15) is 8.42 Å². The van der Waals surface area contributed by atoms with Crippen LogP contribution in [0.1, 0.15) is 38.5 Å². The Hall–Kier alpha value is -0.170. The minimum Gasteiger partial charge on any atom is -0.378 e. The smallest absolute Gasteiger partial charge is 0.211 e. The first-order valence-electron chi connectivity index (χ1n) is 7.73. The predicted octanol–water partition coefficient (Wildman–Crippen LogP) is 1.21. The number of nitrogens with zero attached hydrogens (tertiary/aromatic N) is 1. The van der Waals surface area contributed by atoms with Gasteiger partial charge in [-0.1, -0.05) is 0 Å². The average molecular weight is 304 g/mol. The minimum absolute atomic E-state index is 0.362. The largest absolute Gasteiger partial charge is 0.378 e. The van der Waals surface area contributed by atoms with Gasteiger partial charge in [0.2, 0.25) is 10.0 Å². The molecule has 0 spiro atoms. The fourth-order valence-electron chi connectivity index (χ4n) is 3.25. The van der Waals surface area contributed by atoms with Gasteiger partial charge in [0.1, 0.15) is 0 Å². The highest BCUT2D eigenvalue weighted by molar-refractivity contribution is 7.88. The lowest BCUT2D eigenvalue weighted by atomic mass is 9.93. The molecule has 0 bridgehead atoms. The number of hydrogen-bond acceptors (Lipinski definition) is 4. The van der Waals surface area contributed by atoms with E-state index in [0.717, 1.165) is 25.7 Å². The van der Waals surface area contributed by atoms with E-state index in [1.807, 2.05) is 7.05 Å². The van der Waals surface area contributed by atoms with E-state index in [0.29, 0.717) is 37.8 Å². The van der Waals surface area contributed by atoms with Gasteiger partial charge in [0.15, 0.2) is 0 Å². The Balaban J connectivity index is 1.72. The minimum atomic E-state index is -3.04. The highest BCUT2D eigenvalue weighted by Gasteiger charge is 2.27. The molecule has 1 aliphatic carbocycles. The topological polar surface area (TPSA) is 58.6 Å². The molecule has 0 aromatic carbocycles. The van der Waals surface area contributed by atoms with Crippen molar-refractivity contribution in [3.8, 4) is 0 Å². The molecule has 20 heavy (non-hydrogen) atoms. The van der Waals surface area contributed by atoms with Gasteiger partial charge in [-0.05, 0) is 51.5 Å². The van der Waals surface area contributed by atoms with Gasteiger partial charge in [-0.3, -0.25) is 0 Å². The van der Waals surface area contributed by atoms with E-state index >= 15 is 0 Å². The molecule has 1 heterocycles. The maximum Gasteiger partial charge on any atom is 0.211 e. The van der Waals surface area contributed by atoms with Gasteiger partial charge in [-0.25, -0.2) is 12.7 Å². The van der Waals surface area contributed by atoms with Crippen LogP contribution in [0.25, 0.3) is 0 Å². The van der Waals surface area contributed by atoms with Crippen LogP contribution in [0.5, 0.6) is 0 Å². The Morgan fingerprint density at radius 2 is 1.90 bits per heavy atom. The van der Waals surface area contributed by atoms with Crippen LogP contribution in [-0.4, -0.2) is 57.9 Å². The van der Waals surface area contributed by atoms with Crippen LogP contribution in [0, 0.1) is 5.92 Å². The summed E-state index contributed by atoms with van der Waals surface area (Å²) in [6.45, 7) is 2.01. The molecule has 0 aromatic heterocycles. The van der Waals surface area contributed by atoms with Crippen molar-refractivity contribution >= 4 is 10.0 Å². The summed E-state index contributed by atoms with van der Waals surface area (Å²) in [7, 11) is -1.02. The molecule has 5 nitrogen and oxygen atoms in total. The third-order valence-corrected chi connectivity index (χ3v) is 5.87. The number of piperidine rings is 1. The maximum atomic E-state index is 11.6. The first kappa shape index (κ1) is 16.2. The Morgan fingerprint density at radius 3 is 2.50 bits per heavy atom. The molecular weight excluding hydrogens is 276 g/mol. The summed E-state index contributed by atoms with van der Waals surface area (Å²) < 4.78 is 30.8. The summed E-state index contributed by atoms with van der Waals surface area (Å²) in [6, 6.07) is 0.644. The van der Waals surface area contributed by atoms with Crippen molar-refractivity contribution in [1.82, 2.24) is 9.62 Å². The maximum absolute atomic E-state index is 11.6. The van der Waals surface area contributed by atoms with Crippen LogP contribution in [0.2, 0.25) is 0 Å². The summed E-state index contributed by atoms with van der Waals surface area (Å²) in [5.74, 6) is 0.362. The predicted molar refractivity (Wildman–Crippen MR) is 80.2 cm³/mol. The zero-order valence-corrected chi connectivity index (χ0v) is 13.5. The Morgan fingerprint density at radius 1 is 1.20 bits per heavy atom. The van der Waals surface area contributed by atoms with Crippen molar-refractivity contribution in [3.63, 3.8) is 0 Å². The van der Waals surface area contributed by atoms with E-state index in [1.54, 1.807) is 4.31 Å². The second-order valence-corrected chi connectivity index (χ2v) is 8.21. The third kappa shape index (κ3) is 4.69. The molecule has 2 aliphatic rings. The molecule has 0 radical (unpaired) electrons. The van der Waals surface area contributed by atoms with E-state index in [1.165, 1.54) is 19.1 Å². The summed E-state index contributed by atoms with van der Waals surface area (Å²) >= 11 is 0. The van der Waals surface area contributed by atoms with Crippen molar-refractivity contribution in [2.75, 3.05) is 33.0 Å². The van der Waals surface area contributed by atoms with E-state index in [2.05, 4.69) is 5.32 Å². The van der Waals surface area contributed by atoms with Gasteiger partial charge in [-0.15, -0.1) is 0 Å². The lowest BCUT2D eigenvalue weighted by molar-refractivity contribution is -0.00521. The number of ether oxygens (including phenoxy) is 1. The van der Waals surface area contributed by atoms with Crippen molar-refractivity contribution in [3.05, 3.63) is 0 Å². The molecule has 1 saturated heterocycles. The molecule has 1 N–H and O–H groups in total. The van der Waals surface area contributed by atoms with Crippen molar-refractivity contribution in [1.29, 1.82) is 0 Å². The second kappa shape index (κ2) is 7.20. The summed E-state index contributed by atoms with van der Waals surface area (Å²) in [4.78, 5) is 0. The van der Waals surface area contributed by atoms with Crippen LogP contribution in [0.4, 0.5) is 0 Å². The molecule has 2 fully saturated rings. The van der Waals surface area contributed by atoms with Gasteiger partial charge in [0, 0.05) is 19.1 Å². The average Bonchev–Trinajstić information content (AvgIpc) is 2.45. The number of nitrogens with one attached hydrogen (secondary N) is 1. The van der Waals surface area contributed by atoms with Crippen LogP contribution in [0.15, 0.2) is 0 Å². The van der Waals surface area contributed by atoms with E-state index in [4.69, 9.17) is 4.74 Å². The molecule has 0 amide bonds. The molecule has 1 atom stereocenters.